The van der Waals surface area contributed by atoms with Crippen LogP contribution in [-0.2, 0) is 9.59 Å². The van der Waals surface area contributed by atoms with E-state index in [0.717, 1.165) is 47.9 Å². The number of benzene rings is 2. The van der Waals surface area contributed by atoms with Crippen LogP contribution in [0.25, 0.3) is 22.3 Å². The number of carbonyl (C=O) groups excluding carboxylic acids is 1. The summed E-state index contributed by atoms with van der Waals surface area (Å²) >= 11 is 0. The van der Waals surface area contributed by atoms with Crippen molar-refractivity contribution in [2.24, 2.45) is 0 Å². The van der Waals surface area contributed by atoms with Gasteiger partial charge < -0.3 is 25.8 Å². The molecule has 3 heterocycles. The van der Waals surface area contributed by atoms with Gasteiger partial charge in [-0.15, -0.1) is 0 Å². The molecule has 4 aromatic rings. The zero-order valence-electron chi connectivity index (χ0n) is 21.4. The summed E-state index contributed by atoms with van der Waals surface area (Å²) in [5, 5.41) is 16.0. The van der Waals surface area contributed by atoms with Gasteiger partial charge in [0, 0.05) is 25.6 Å². The number of nitrogens with one attached hydrogen (secondary N) is 1. The van der Waals surface area contributed by atoms with Crippen LogP contribution >= 0.6 is 0 Å². The topological polar surface area (TPSA) is 148 Å². The number of fused-ring (bicyclic) bond motifs is 1. The summed E-state index contributed by atoms with van der Waals surface area (Å²) in [4.78, 5) is 31.8. The number of piperidine rings is 1. The van der Waals surface area contributed by atoms with E-state index in [0.29, 0.717) is 31.1 Å². The Labute approximate surface area is 220 Å². The Morgan fingerprint density at radius 1 is 1.05 bits per heavy atom. The molecule has 1 fully saturated rings. The average Bonchev–Trinajstić information content (AvgIpc) is 3.31. The van der Waals surface area contributed by atoms with Gasteiger partial charge >= 0.3 is 0 Å². The number of anilines is 1. The van der Waals surface area contributed by atoms with Gasteiger partial charge in [-0.25, -0.2) is 14.6 Å². The number of nitrogens with two attached hydrogens (primary N) is 1. The summed E-state index contributed by atoms with van der Waals surface area (Å²) in [6, 6.07) is 17.6. The normalized spacial score (nSPS) is 13.6. The molecule has 1 saturated heterocycles. The Morgan fingerprint density at radius 3 is 2.32 bits per heavy atom. The summed E-state index contributed by atoms with van der Waals surface area (Å²) in [7, 11) is 1.78. The third-order valence-corrected chi connectivity index (χ3v) is 6.12. The zero-order valence-corrected chi connectivity index (χ0v) is 21.4. The number of para-hydroxylation sites is 1. The molecule has 1 aliphatic heterocycles. The highest BCUT2D eigenvalue weighted by molar-refractivity contribution is 5.98. The van der Waals surface area contributed by atoms with Crippen molar-refractivity contribution in [1.82, 2.24) is 30.0 Å². The van der Waals surface area contributed by atoms with Gasteiger partial charge in [0.1, 0.15) is 29.3 Å². The standard InChI is InChI=1S/C25H27N7O2.C2H4O2/c1-27-15-21(33)31-13-11-18(12-14-31)32-25-22(24(26)28-16-29-25)23(30-32)17-7-9-20(10-8-17)34-19-5-3-2-4-6-19;1-2(3)4/h2-10,16,18,27H,11-15H2,1H3,(H2,26,28,29);1H3,(H,3,4). The predicted octanol–water partition coefficient (Wildman–Crippen LogP) is 3.34. The summed E-state index contributed by atoms with van der Waals surface area (Å²) in [5.41, 5.74) is 8.64. The lowest BCUT2D eigenvalue weighted by Gasteiger charge is -2.32. The highest BCUT2D eigenvalue weighted by Gasteiger charge is 2.27. The summed E-state index contributed by atoms with van der Waals surface area (Å²) in [6.45, 7) is 2.81. The molecule has 0 aliphatic carbocycles. The van der Waals surface area contributed by atoms with Crippen molar-refractivity contribution in [3.05, 3.63) is 60.9 Å². The highest BCUT2D eigenvalue weighted by Crippen LogP contribution is 2.35. The van der Waals surface area contributed by atoms with Gasteiger partial charge in [-0.3, -0.25) is 9.59 Å². The van der Waals surface area contributed by atoms with E-state index in [1.54, 1.807) is 7.05 Å². The number of carbonyl (C=O) groups is 2. The number of hydrogen-bond donors (Lipinski definition) is 3. The highest BCUT2D eigenvalue weighted by atomic mass is 16.5. The molecule has 11 nitrogen and oxygen atoms in total. The molecular formula is C27H31N7O4. The molecule has 198 valence electrons. The molecular weight excluding hydrogens is 486 g/mol. The van der Waals surface area contributed by atoms with E-state index in [9.17, 15) is 4.79 Å². The van der Waals surface area contributed by atoms with Crippen LogP contribution in [0.2, 0.25) is 0 Å². The first-order chi connectivity index (χ1) is 18.4. The quantitative estimate of drug-likeness (QED) is 0.350. The van der Waals surface area contributed by atoms with Crippen molar-refractivity contribution in [3.63, 3.8) is 0 Å². The van der Waals surface area contributed by atoms with Gasteiger partial charge in [-0.05, 0) is 56.3 Å². The Hall–Kier alpha value is -4.51. The summed E-state index contributed by atoms with van der Waals surface area (Å²) < 4.78 is 7.87. The molecule has 2 aromatic carbocycles. The summed E-state index contributed by atoms with van der Waals surface area (Å²) in [6.07, 6.45) is 3.08. The number of nitrogens with zero attached hydrogens (tertiary/aromatic N) is 5. The van der Waals surface area contributed by atoms with E-state index in [2.05, 4.69) is 15.3 Å². The second-order valence-corrected chi connectivity index (χ2v) is 8.85. The number of carboxylic acids is 1. The smallest absolute Gasteiger partial charge is 0.300 e. The van der Waals surface area contributed by atoms with Gasteiger partial charge in [0.05, 0.1) is 18.0 Å². The molecule has 38 heavy (non-hydrogen) atoms. The molecule has 4 N–H and O–H groups in total. The number of likely N-dealkylation sites (N-methyl/N-ethyl adjacent to an activating group) is 1. The van der Waals surface area contributed by atoms with E-state index in [1.807, 2.05) is 64.2 Å². The van der Waals surface area contributed by atoms with E-state index in [4.69, 9.17) is 25.5 Å². The fraction of sp³-hybridized carbons (Fsp3) is 0.296. The predicted molar refractivity (Wildman–Crippen MR) is 144 cm³/mol. The number of carboxylic acid groups (broad SMARTS) is 1. The van der Waals surface area contributed by atoms with Crippen LogP contribution < -0.4 is 15.8 Å². The number of nitrogen functional groups attached to an aromatic ring is 1. The third kappa shape index (κ3) is 6.24. The monoisotopic (exact) mass is 517 g/mol. The number of aliphatic carboxylic acids is 1. The van der Waals surface area contributed by atoms with Crippen molar-refractivity contribution in [1.29, 1.82) is 0 Å². The van der Waals surface area contributed by atoms with Gasteiger partial charge in [-0.2, -0.15) is 5.10 Å². The number of hydrogen-bond acceptors (Lipinski definition) is 8. The number of aromatic nitrogens is 4. The minimum Gasteiger partial charge on any atom is -0.481 e. The van der Waals surface area contributed by atoms with E-state index < -0.39 is 5.97 Å². The second kappa shape index (κ2) is 12.2. The molecule has 0 radical (unpaired) electrons. The number of likely N-dealkylation sites (tertiary alicyclic amines) is 1. The zero-order chi connectivity index (χ0) is 27.1. The van der Waals surface area contributed by atoms with Crippen molar-refractivity contribution < 1.29 is 19.4 Å². The first-order valence-electron chi connectivity index (χ1n) is 12.3. The lowest BCUT2D eigenvalue weighted by atomic mass is 10.1. The molecule has 0 spiro atoms. The summed E-state index contributed by atoms with van der Waals surface area (Å²) in [5.74, 6) is 1.21. The Balaban J connectivity index is 0.000000786. The van der Waals surface area contributed by atoms with Crippen molar-refractivity contribution in [2.75, 3.05) is 32.4 Å². The van der Waals surface area contributed by atoms with Crippen molar-refractivity contribution in [2.45, 2.75) is 25.8 Å². The molecule has 0 saturated carbocycles. The lowest BCUT2D eigenvalue weighted by molar-refractivity contribution is -0.134. The largest absolute Gasteiger partial charge is 0.481 e. The fourth-order valence-electron chi connectivity index (χ4n) is 4.38. The van der Waals surface area contributed by atoms with E-state index >= 15 is 0 Å². The maximum absolute atomic E-state index is 12.2. The third-order valence-electron chi connectivity index (χ3n) is 6.12. The lowest BCUT2D eigenvalue weighted by Crippen LogP contribution is -2.42. The van der Waals surface area contributed by atoms with Crippen molar-refractivity contribution in [3.8, 4) is 22.8 Å². The Morgan fingerprint density at radius 2 is 1.68 bits per heavy atom. The van der Waals surface area contributed by atoms with Gasteiger partial charge in [0.25, 0.3) is 5.97 Å². The second-order valence-electron chi connectivity index (χ2n) is 8.85. The van der Waals surface area contributed by atoms with Crippen LogP contribution in [0.15, 0.2) is 60.9 Å². The molecule has 2 aromatic heterocycles. The molecule has 0 unspecified atom stereocenters. The molecule has 11 heteroatoms. The van der Waals surface area contributed by atoms with Crippen LogP contribution in [-0.4, -0.2) is 68.3 Å². The van der Waals surface area contributed by atoms with Crippen LogP contribution in [0.3, 0.4) is 0 Å². The van der Waals surface area contributed by atoms with Gasteiger partial charge in [-0.1, -0.05) is 18.2 Å². The number of amides is 1. The van der Waals surface area contributed by atoms with Gasteiger partial charge in [0.15, 0.2) is 5.65 Å². The Kier molecular flexibility index (Phi) is 8.49. The maximum atomic E-state index is 12.2. The van der Waals surface area contributed by atoms with E-state index in [-0.39, 0.29) is 11.9 Å². The minimum absolute atomic E-state index is 0.122. The average molecular weight is 518 g/mol. The molecule has 0 bridgehead atoms. The fourth-order valence-corrected chi connectivity index (χ4v) is 4.38. The molecule has 0 atom stereocenters. The van der Waals surface area contributed by atoms with Crippen LogP contribution in [0.1, 0.15) is 25.8 Å². The van der Waals surface area contributed by atoms with Crippen LogP contribution in [0.4, 0.5) is 5.82 Å². The maximum Gasteiger partial charge on any atom is 0.300 e. The van der Waals surface area contributed by atoms with Crippen LogP contribution in [0, 0.1) is 0 Å². The van der Waals surface area contributed by atoms with E-state index in [1.165, 1.54) is 6.33 Å². The Bertz CT molecular complexity index is 1380. The van der Waals surface area contributed by atoms with Crippen LogP contribution in [0.5, 0.6) is 11.5 Å². The van der Waals surface area contributed by atoms with Gasteiger partial charge in [0.2, 0.25) is 5.91 Å². The number of rotatable bonds is 6. The minimum atomic E-state index is -0.833. The molecule has 1 aliphatic rings. The van der Waals surface area contributed by atoms with Crippen molar-refractivity contribution >= 4 is 28.7 Å². The molecule has 1 amide bonds. The first kappa shape index (κ1) is 26.6. The first-order valence-corrected chi connectivity index (χ1v) is 12.3. The number of ether oxygens (including phenoxy) is 1. The molecule has 5 rings (SSSR count). The SMILES string of the molecule is CC(=O)O.CNCC(=O)N1CCC(n2nc(-c3ccc(Oc4ccccc4)cc3)c3c(N)ncnc32)CC1.